The van der Waals surface area contributed by atoms with E-state index in [1.165, 1.54) is 0 Å². The van der Waals surface area contributed by atoms with Gasteiger partial charge in [0, 0.05) is 11.4 Å². The molecule has 4 heteroatoms. The van der Waals surface area contributed by atoms with Crippen molar-refractivity contribution in [3.8, 4) is 6.19 Å². The lowest BCUT2D eigenvalue weighted by molar-refractivity contribution is 0.0973. The molecule has 0 atom stereocenters. The first-order valence-corrected chi connectivity index (χ1v) is 4.15. The third kappa shape index (κ3) is 2.46. The first-order valence-electron chi connectivity index (χ1n) is 3.62. The summed E-state index contributed by atoms with van der Waals surface area (Å²) in [5, 5.41) is 10.2. The van der Waals surface area contributed by atoms with Gasteiger partial charge in [0.1, 0.15) is 0 Å². The van der Waals surface area contributed by atoms with Gasteiger partial charge in [-0.25, -0.2) is 0 Å². The highest BCUT2D eigenvalue weighted by Crippen LogP contribution is 2.06. The summed E-state index contributed by atoms with van der Waals surface area (Å²) in [6.07, 6.45) is 1.57. The number of amides is 1. The number of nitriles is 1. The normalized spacial score (nSPS) is 8.92. The Labute approximate surface area is 80.9 Å². The maximum atomic E-state index is 11.1. The molecule has 1 aromatic carbocycles. The highest BCUT2D eigenvalue weighted by Gasteiger charge is 2.02. The zero-order valence-electron chi connectivity index (χ0n) is 6.75. The summed E-state index contributed by atoms with van der Waals surface area (Å²) in [4.78, 5) is 11.1. The minimum Gasteiger partial charge on any atom is -0.268 e. The van der Waals surface area contributed by atoms with Crippen molar-refractivity contribution in [2.75, 3.05) is 0 Å². The lowest BCUT2D eigenvalue weighted by Crippen LogP contribution is -2.16. The molecule has 0 radical (unpaired) electrons. The van der Waals surface area contributed by atoms with E-state index in [0.29, 0.717) is 11.4 Å². The van der Waals surface area contributed by atoms with Gasteiger partial charge in [-0.05, 0) is 17.7 Å². The molecule has 0 heterocycles. The SMILES string of the molecule is N#CNC(=O)c1ccc(CCl)cc1. The van der Waals surface area contributed by atoms with Gasteiger partial charge < -0.3 is 0 Å². The van der Waals surface area contributed by atoms with Gasteiger partial charge in [0.05, 0.1) is 0 Å². The largest absolute Gasteiger partial charge is 0.268 e. The predicted molar refractivity (Wildman–Crippen MR) is 49.1 cm³/mol. The highest BCUT2D eigenvalue weighted by molar-refractivity contribution is 6.17. The van der Waals surface area contributed by atoms with E-state index in [9.17, 15) is 4.79 Å². The van der Waals surface area contributed by atoms with E-state index in [1.54, 1.807) is 30.5 Å². The van der Waals surface area contributed by atoms with Crippen LogP contribution in [0.3, 0.4) is 0 Å². The number of nitrogens with zero attached hydrogens (tertiary/aromatic N) is 1. The van der Waals surface area contributed by atoms with Crippen molar-refractivity contribution in [1.82, 2.24) is 5.32 Å². The summed E-state index contributed by atoms with van der Waals surface area (Å²) in [6.45, 7) is 0. The Bertz CT molecular complexity index is 340. The lowest BCUT2D eigenvalue weighted by Gasteiger charge is -1.98. The number of hydrogen-bond donors (Lipinski definition) is 1. The smallest absolute Gasteiger partial charge is 0.264 e. The molecular formula is C9H7ClN2O. The molecule has 13 heavy (non-hydrogen) atoms. The maximum absolute atomic E-state index is 11.1. The monoisotopic (exact) mass is 194 g/mol. The first kappa shape index (κ1) is 9.56. The van der Waals surface area contributed by atoms with Crippen molar-refractivity contribution < 1.29 is 4.79 Å². The average molecular weight is 195 g/mol. The number of rotatable bonds is 2. The number of carbonyl (C=O) groups is 1. The van der Waals surface area contributed by atoms with Crippen LogP contribution in [-0.2, 0) is 5.88 Å². The van der Waals surface area contributed by atoms with E-state index in [0.717, 1.165) is 5.56 Å². The van der Waals surface area contributed by atoms with Crippen LogP contribution < -0.4 is 5.32 Å². The molecule has 1 aromatic rings. The zero-order valence-corrected chi connectivity index (χ0v) is 7.51. The van der Waals surface area contributed by atoms with Crippen LogP contribution in [0.15, 0.2) is 24.3 Å². The minimum absolute atomic E-state index is 0.399. The molecular weight excluding hydrogens is 188 g/mol. The van der Waals surface area contributed by atoms with Gasteiger partial charge in [-0.15, -0.1) is 11.6 Å². The number of hydrogen-bond acceptors (Lipinski definition) is 2. The number of nitrogens with one attached hydrogen (secondary N) is 1. The van der Waals surface area contributed by atoms with Crippen LogP contribution in [0.1, 0.15) is 15.9 Å². The fourth-order valence-corrected chi connectivity index (χ4v) is 1.05. The van der Waals surface area contributed by atoms with Crippen LogP contribution in [-0.4, -0.2) is 5.91 Å². The van der Waals surface area contributed by atoms with Gasteiger partial charge in [0.2, 0.25) is 0 Å². The van der Waals surface area contributed by atoms with E-state index in [2.05, 4.69) is 0 Å². The molecule has 66 valence electrons. The van der Waals surface area contributed by atoms with Gasteiger partial charge in [0.15, 0.2) is 6.19 Å². The Hall–Kier alpha value is -1.53. The quantitative estimate of drug-likeness (QED) is 0.442. The van der Waals surface area contributed by atoms with Gasteiger partial charge in [-0.3, -0.25) is 10.1 Å². The number of alkyl halides is 1. The Morgan fingerprint density at radius 2 is 2.08 bits per heavy atom. The minimum atomic E-state index is -0.399. The van der Waals surface area contributed by atoms with Gasteiger partial charge in [-0.1, -0.05) is 12.1 Å². The number of halogens is 1. The van der Waals surface area contributed by atoms with E-state index >= 15 is 0 Å². The summed E-state index contributed by atoms with van der Waals surface area (Å²) in [5.41, 5.74) is 1.39. The zero-order chi connectivity index (χ0) is 9.68. The second kappa shape index (κ2) is 4.48. The summed E-state index contributed by atoms with van der Waals surface area (Å²) in [5.74, 6) is 0.0174. The molecule has 3 nitrogen and oxygen atoms in total. The third-order valence-corrected chi connectivity index (χ3v) is 1.85. The summed E-state index contributed by atoms with van der Waals surface area (Å²) >= 11 is 5.57. The van der Waals surface area contributed by atoms with Crippen molar-refractivity contribution in [2.24, 2.45) is 0 Å². The first-order chi connectivity index (χ1) is 6.27. The van der Waals surface area contributed by atoms with Crippen LogP contribution in [0, 0.1) is 11.5 Å². The van der Waals surface area contributed by atoms with Crippen LogP contribution >= 0.6 is 11.6 Å². The molecule has 1 N–H and O–H groups in total. The van der Waals surface area contributed by atoms with Crippen LogP contribution in [0.25, 0.3) is 0 Å². The third-order valence-electron chi connectivity index (χ3n) is 1.54. The average Bonchev–Trinajstić information content (AvgIpc) is 2.18. The molecule has 0 aliphatic carbocycles. The second-order valence-electron chi connectivity index (χ2n) is 2.40. The molecule has 0 aliphatic heterocycles. The van der Waals surface area contributed by atoms with Gasteiger partial charge >= 0.3 is 0 Å². The van der Waals surface area contributed by atoms with Crippen LogP contribution in [0.2, 0.25) is 0 Å². The Morgan fingerprint density at radius 3 is 2.54 bits per heavy atom. The molecule has 0 saturated heterocycles. The van der Waals surface area contributed by atoms with Gasteiger partial charge in [-0.2, -0.15) is 5.26 Å². The van der Waals surface area contributed by atoms with E-state index in [4.69, 9.17) is 16.9 Å². The van der Waals surface area contributed by atoms with Crippen molar-refractivity contribution >= 4 is 17.5 Å². The molecule has 0 fully saturated rings. The Balaban J connectivity index is 2.81. The fourth-order valence-electron chi connectivity index (χ4n) is 0.868. The maximum Gasteiger partial charge on any atom is 0.264 e. The van der Waals surface area contributed by atoms with Crippen LogP contribution in [0.4, 0.5) is 0 Å². The van der Waals surface area contributed by atoms with Gasteiger partial charge in [0.25, 0.3) is 5.91 Å². The topological polar surface area (TPSA) is 52.9 Å². The number of benzene rings is 1. The van der Waals surface area contributed by atoms with Crippen molar-refractivity contribution in [2.45, 2.75) is 5.88 Å². The van der Waals surface area contributed by atoms with Crippen molar-refractivity contribution in [1.29, 1.82) is 5.26 Å². The molecule has 0 unspecified atom stereocenters. The molecule has 1 amide bonds. The predicted octanol–water partition coefficient (Wildman–Crippen LogP) is 1.64. The lowest BCUT2D eigenvalue weighted by atomic mass is 10.1. The Kier molecular flexibility index (Phi) is 3.30. The summed E-state index contributed by atoms with van der Waals surface area (Å²) in [6, 6.07) is 6.76. The molecule has 0 bridgehead atoms. The molecule has 0 spiro atoms. The Morgan fingerprint density at radius 1 is 1.46 bits per heavy atom. The van der Waals surface area contributed by atoms with Crippen LogP contribution in [0.5, 0.6) is 0 Å². The van der Waals surface area contributed by atoms with E-state index in [-0.39, 0.29) is 0 Å². The molecule has 1 rings (SSSR count). The van der Waals surface area contributed by atoms with Crippen molar-refractivity contribution in [3.05, 3.63) is 35.4 Å². The summed E-state index contributed by atoms with van der Waals surface area (Å²) in [7, 11) is 0. The van der Waals surface area contributed by atoms with E-state index in [1.807, 2.05) is 5.32 Å². The molecule has 0 aliphatic rings. The highest BCUT2D eigenvalue weighted by atomic mass is 35.5. The fraction of sp³-hybridized carbons (Fsp3) is 0.111. The second-order valence-corrected chi connectivity index (χ2v) is 2.66. The van der Waals surface area contributed by atoms with Crippen molar-refractivity contribution in [3.63, 3.8) is 0 Å². The van der Waals surface area contributed by atoms with E-state index < -0.39 is 5.91 Å². The molecule has 0 saturated carbocycles. The standard InChI is InChI=1S/C9H7ClN2O/c10-5-7-1-3-8(4-2-7)9(13)12-6-11/h1-4H,5H2,(H,12,13). The number of carbonyl (C=O) groups excluding carboxylic acids is 1. The molecule has 0 aromatic heterocycles. The summed E-state index contributed by atoms with van der Waals surface area (Å²) < 4.78 is 0.